The van der Waals surface area contributed by atoms with Crippen LogP contribution in [0.4, 0.5) is 4.79 Å². The van der Waals surface area contributed by atoms with Gasteiger partial charge in [0.05, 0.1) is 34.9 Å². The van der Waals surface area contributed by atoms with Gasteiger partial charge in [-0.3, -0.25) is 4.79 Å². The average Bonchev–Trinajstić information content (AvgIpc) is 3.16. The molecule has 4 aromatic rings. The molecular weight excluding hydrogens is 1350 g/mol. The van der Waals surface area contributed by atoms with Crippen molar-refractivity contribution < 1.29 is 72.6 Å². The number of hydrogen-bond donors (Lipinski definition) is 2. The van der Waals surface area contributed by atoms with Gasteiger partial charge in [0.1, 0.15) is 5.60 Å². The molecule has 0 unspecified atom stereocenters. The van der Waals surface area contributed by atoms with Gasteiger partial charge in [-0.15, -0.1) is 24.0 Å². The number of nitrogens with zero attached hydrogens (tertiary/aromatic N) is 2. The summed E-state index contributed by atoms with van der Waals surface area (Å²) in [6, 6.07) is 36.4. The van der Waals surface area contributed by atoms with Crippen LogP contribution in [0.5, 0.6) is 0 Å². The first-order chi connectivity index (χ1) is 29.0. The van der Waals surface area contributed by atoms with E-state index in [0.29, 0.717) is 6.42 Å². The number of nitrogens with one attached hydrogen (secondary N) is 1. The second-order valence-electron chi connectivity index (χ2n) is 16.1. The third-order valence-corrected chi connectivity index (χ3v) is 13.9. The first-order valence-corrected chi connectivity index (χ1v) is 25.6. The largest absolute Gasteiger partial charge is 1.00 e. The number of carbonyl (C=O) groups excluding carboxylic acids is 2. The molecule has 4 N–H and O–H groups in total. The van der Waals surface area contributed by atoms with Crippen LogP contribution >= 0.6 is 120 Å². The Labute approximate surface area is 499 Å². The molecule has 3 aliphatic carbocycles. The number of alkyl halides is 2. The predicted octanol–water partition coefficient (Wildman–Crippen LogP) is 13.1. The molecule has 65 heavy (non-hydrogen) atoms. The SMILES string of the molecule is BrCCCBr.C.CC(C)(C)OC(=O)NC1(c2ccc(Br)cc2)CCC1.I.N#CC1(c2ccc(Br)cc2)CCC1.N#CCc1ccc(Br)cc1.NC(=O)C1(c2ccc(Br)cc2)CCC1.[HH].[K+].[OH-]. The Kier molecular flexibility index (Phi) is 34.4. The summed E-state index contributed by atoms with van der Waals surface area (Å²) in [5, 5.41) is 22.7. The van der Waals surface area contributed by atoms with E-state index in [1.807, 2.05) is 106 Å². The van der Waals surface area contributed by atoms with E-state index in [1.165, 1.54) is 18.4 Å². The zero-order valence-electron chi connectivity index (χ0n) is 36.7. The maximum absolute atomic E-state index is 12.0. The molecule has 0 aliphatic heterocycles. The average molecular weight is 1420 g/mol. The summed E-state index contributed by atoms with van der Waals surface area (Å²) < 4.78 is 9.55. The van der Waals surface area contributed by atoms with Crippen LogP contribution in [-0.2, 0) is 32.3 Å². The van der Waals surface area contributed by atoms with E-state index in [0.717, 1.165) is 96.6 Å². The molecule has 0 bridgehead atoms. The topological polar surface area (TPSA) is 159 Å². The van der Waals surface area contributed by atoms with Crippen molar-refractivity contribution in [3.05, 3.63) is 137 Å². The molecule has 0 saturated heterocycles. The Morgan fingerprint density at radius 1 is 0.692 bits per heavy atom. The number of primary amides is 1. The van der Waals surface area contributed by atoms with Gasteiger partial charge in [0, 0.05) is 30.0 Å². The van der Waals surface area contributed by atoms with Crippen molar-refractivity contribution in [1.82, 2.24) is 5.32 Å². The minimum Gasteiger partial charge on any atom is -0.870 e. The Bertz CT molecular complexity index is 2070. The van der Waals surface area contributed by atoms with E-state index in [-0.39, 0.29) is 118 Å². The molecule has 3 fully saturated rings. The second-order valence-corrected chi connectivity index (χ2v) is 21.4. The number of carbonyl (C=O) groups is 2. The molecule has 0 heterocycles. The smallest absolute Gasteiger partial charge is 0.870 e. The van der Waals surface area contributed by atoms with Gasteiger partial charge in [-0.1, -0.05) is 158 Å². The molecule has 352 valence electrons. The second kappa shape index (κ2) is 33.4. The summed E-state index contributed by atoms with van der Waals surface area (Å²) in [5.41, 5.74) is 8.63. The predicted molar refractivity (Wildman–Crippen MR) is 295 cm³/mol. The summed E-state index contributed by atoms with van der Waals surface area (Å²) >= 11 is 20.1. The number of alkyl carbamates (subject to hydrolysis) is 1. The number of nitrogens with two attached hydrogens (primary N) is 1. The first-order valence-electron chi connectivity index (χ1n) is 20.2. The van der Waals surface area contributed by atoms with Crippen molar-refractivity contribution in [3.63, 3.8) is 0 Å². The van der Waals surface area contributed by atoms with Crippen molar-refractivity contribution in [1.29, 1.82) is 10.5 Å². The van der Waals surface area contributed by atoms with E-state index in [9.17, 15) is 9.59 Å². The molecule has 0 atom stereocenters. The Morgan fingerprint density at radius 2 is 1.08 bits per heavy atom. The van der Waals surface area contributed by atoms with Gasteiger partial charge in [0.2, 0.25) is 5.91 Å². The van der Waals surface area contributed by atoms with Crippen molar-refractivity contribution >= 4 is 132 Å². The van der Waals surface area contributed by atoms with Gasteiger partial charge >= 0.3 is 57.5 Å². The van der Waals surface area contributed by atoms with Crippen LogP contribution in [0.25, 0.3) is 0 Å². The summed E-state index contributed by atoms with van der Waals surface area (Å²) in [4.78, 5) is 23.4. The molecule has 3 saturated carbocycles. The number of benzene rings is 4. The van der Waals surface area contributed by atoms with Gasteiger partial charge < -0.3 is 21.3 Å². The van der Waals surface area contributed by atoms with Crippen LogP contribution in [0.15, 0.2) is 115 Å². The maximum atomic E-state index is 12.0. The molecule has 0 radical (unpaired) electrons. The Balaban J connectivity index is -0.000000770. The number of ether oxygens (including phenoxy) is 1. The van der Waals surface area contributed by atoms with E-state index in [1.54, 1.807) is 0 Å². The zero-order valence-corrected chi connectivity index (χ0v) is 51.7. The van der Waals surface area contributed by atoms with Crippen LogP contribution < -0.4 is 62.4 Å². The van der Waals surface area contributed by atoms with Crippen molar-refractivity contribution in [2.24, 2.45) is 5.73 Å². The number of rotatable bonds is 8. The van der Waals surface area contributed by atoms with Crippen LogP contribution in [0.3, 0.4) is 0 Å². The fourth-order valence-corrected chi connectivity index (χ4v) is 9.14. The van der Waals surface area contributed by atoms with Crippen molar-refractivity contribution in [2.45, 2.75) is 121 Å². The third-order valence-electron chi connectivity index (χ3n) is 10.7. The Hall–Kier alpha value is -0.194. The van der Waals surface area contributed by atoms with Crippen LogP contribution in [-0.4, -0.2) is 33.7 Å². The van der Waals surface area contributed by atoms with Gasteiger partial charge in [-0.2, -0.15) is 10.5 Å². The number of nitriles is 2. The number of hydrogen-bond acceptors (Lipinski definition) is 6. The van der Waals surface area contributed by atoms with E-state index < -0.39 is 5.60 Å². The summed E-state index contributed by atoms with van der Waals surface area (Å²) in [6.45, 7) is 5.62. The van der Waals surface area contributed by atoms with E-state index in [4.69, 9.17) is 21.0 Å². The van der Waals surface area contributed by atoms with Crippen LogP contribution in [0.1, 0.15) is 116 Å². The molecule has 3 aliphatic rings. The molecule has 0 spiro atoms. The van der Waals surface area contributed by atoms with E-state index >= 15 is 0 Å². The Morgan fingerprint density at radius 3 is 1.35 bits per heavy atom. The zero-order chi connectivity index (χ0) is 45.1. The third kappa shape index (κ3) is 21.8. The summed E-state index contributed by atoms with van der Waals surface area (Å²) in [7, 11) is 0. The standard InChI is InChI=1S/C15H20BrNO2.C11H12BrNO.C11H10BrN.C8H6BrN.C3H6Br2.CH4.HI.K.H2O.H2/c1-14(2,3)19-13(18)17-15(9-4-10-15)11-5-7-12(16)8-6-11;12-9-4-2-8(3-5-9)11(10(13)14)6-1-7-11;12-10-4-2-9(3-5-10)11(8-13)6-1-7-11;9-8-3-1-7(2-4-8)5-6-10;4-2-1-3-5;;;;;/h5-8H,4,9-10H2,1-3H3,(H,17,18);2-5H,1,6-7H2,(H2,13,14);2-5H,1,6-7H2;1-4H,5H2;1-3H2;1H4;1H;;1H2;1H/q;;;;;;;+1;;/p-1. The molecule has 16 heteroatoms. The molecule has 2 amide bonds. The van der Waals surface area contributed by atoms with Gasteiger partial charge in [-0.05, 0) is 149 Å². The molecule has 8 nitrogen and oxygen atoms in total. The fourth-order valence-electron chi connectivity index (χ4n) is 6.77. The minimum absolute atomic E-state index is 0. The van der Waals surface area contributed by atoms with E-state index in [2.05, 4.69) is 125 Å². The first kappa shape index (κ1) is 66.9. The summed E-state index contributed by atoms with van der Waals surface area (Å²) in [6.07, 6.45) is 10.5. The monoisotopic (exact) mass is 1410 g/mol. The molecule has 4 aromatic carbocycles. The molecule has 7 rings (SSSR count). The van der Waals surface area contributed by atoms with Gasteiger partial charge in [-0.25, -0.2) is 4.79 Å². The maximum Gasteiger partial charge on any atom is 1.00 e. The van der Waals surface area contributed by atoms with Crippen LogP contribution in [0.2, 0.25) is 0 Å². The fraction of sp³-hybridized carbons (Fsp3) is 0.429. The normalized spacial score (nSPS) is 14.9. The van der Waals surface area contributed by atoms with Gasteiger partial charge in [0.15, 0.2) is 0 Å². The molecule has 0 aromatic heterocycles. The quantitative estimate of drug-likeness (QED) is 0.102. The molecular formula is C49H62Br6IKN4O4. The summed E-state index contributed by atoms with van der Waals surface area (Å²) in [5.74, 6) is -0.189. The number of halogens is 7. The van der Waals surface area contributed by atoms with Crippen molar-refractivity contribution in [2.75, 3.05) is 10.7 Å². The van der Waals surface area contributed by atoms with Gasteiger partial charge in [0.25, 0.3) is 0 Å². The van der Waals surface area contributed by atoms with Crippen molar-refractivity contribution in [3.8, 4) is 12.1 Å². The number of amides is 2. The minimum atomic E-state index is -0.464. The van der Waals surface area contributed by atoms with Crippen LogP contribution in [0, 0.1) is 22.7 Å².